The van der Waals surface area contributed by atoms with Gasteiger partial charge in [-0.15, -0.1) is 0 Å². The summed E-state index contributed by atoms with van der Waals surface area (Å²) < 4.78 is 5.74. The Morgan fingerprint density at radius 2 is 2.00 bits per heavy atom. The van der Waals surface area contributed by atoms with Gasteiger partial charge in [0.2, 0.25) is 5.91 Å². The van der Waals surface area contributed by atoms with Gasteiger partial charge in [0, 0.05) is 31.6 Å². The van der Waals surface area contributed by atoms with Crippen LogP contribution >= 0.6 is 0 Å². The summed E-state index contributed by atoms with van der Waals surface area (Å²) in [6.45, 7) is 3.13. The number of hydrogen-bond donors (Lipinski definition) is 2. The lowest BCUT2D eigenvalue weighted by atomic mass is 10.2. The van der Waals surface area contributed by atoms with E-state index in [9.17, 15) is 9.59 Å². The summed E-state index contributed by atoms with van der Waals surface area (Å²) in [6, 6.07) is 13.3. The standard InChI is InChI=1S/C18H21N3O3/c1-13(22)21-10-9-15(12-21)20-18(23)19-11-16-7-8-17(24-16)14-5-3-2-4-6-14/h2-8,15H,9-12H2,1H3,(H2,19,20,23)/t15-/m0/s1. The molecule has 1 aliphatic heterocycles. The highest BCUT2D eigenvalue weighted by molar-refractivity contribution is 5.75. The first-order valence-corrected chi connectivity index (χ1v) is 8.06. The van der Waals surface area contributed by atoms with Crippen LogP contribution in [0.3, 0.4) is 0 Å². The number of likely N-dealkylation sites (tertiary alicyclic amines) is 1. The molecule has 2 N–H and O–H groups in total. The summed E-state index contributed by atoms with van der Waals surface area (Å²) in [7, 11) is 0. The largest absolute Gasteiger partial charge is 0.459 e. The molecule has 0 radical (unpaired) electrons. The van der Waals surface area contributed by atoms with E-state index >= 15 is 0 Å². The van der Waals surface area contributed by atoms with Crippen LogP contribution in [0, 0.1) is 0 Å². The molecule has 3 rings (SSSR count). The van der Waals surface area contributed by atoms with E-state index in [2.05, 4.69) is 10.6 Å². The summed E-state index contributed by atoms with van der Waals surface area (Å²) in [5.74, 6) is 1.52. The summed E-state index contributed by atoms with van der Waals surface area (Å²) in [4.78, 5) is 25.0. The zero-order valence-electron chi connectivity index (χ0n) is 13.6. The lowest BCUT2D eigenvalue weighted by molar-refractivity contribution is -0.127. The first-order chi connectivity index (χ1) is 11.6. The van der Waals surface area contributed by atoms with Gasteiger partial charge in [0.1, 0.15) is 11.5 Å². The van der Waals surface area contributed by atoms with Crippen molar-refractivity contribution in [2.75, 3.05) is 13.1 Å². The second kappa shape index (κ2) is 7.21. The monoisotopic (exact) mass is 327 g/mol. The average molecular weight is 327 g/mol. The fraction of sp³-hybridized carbons (Fsp3) is 0.333. The molecule has 0 spiro atoms. The molecule has 1 fully saturated rings. The van der Waals surface area contributed by atoms with Crippen LogP contribution in [0.25, 0.3) is 11.3 Å². The maximum Gasteiger partial charge on any atom is 0.315 e. The van der Waals surface area contributed by atoms with E-state index in [4.69, 9.17) is 4.42 Å². The summed E-state index contributed by atoms with van der Waals surface area (Å²) in [5.41, 5.74) is 1.00. The smallest absolute Gasteiger partial charge is 0.315 e. The number of urea groups is 1. The molecule has 0 bridgehead atoms. The Bertz CT molecular complexity index is 711. The zero-order valence-corrected chi connectivity index (χ0v) is 13.6. The number of benzene rings is 1. The Morgan fingerprint density at radius 1 is 1.21 bits per heavy atom. The Morgan fingerprint density at radius 3 is 2.71 bits per heavy atom. The highest BCUT2D eigenvalue weighted by Crippen LogP contribution is 2.21. The molecule has 6 heteroatoms. The summed E-state index contributed by atoms with van der Waals surface area (Å²) in [6.07, 6.45) is 0.784. The molecule has 2 aromatic rings. The van der Waals surface area contributed by atoms with Crippen molar-refractivity contribution in [1.82, 2.24) is 15.5 Å². The molecule has 0 unspecified atom stereocenters. The molecular weight excluding hydrogens is 306 g/mol. The highest BCUT2D eigenvalue weighted by atomic mass is 16.3. The lowest BCUT2D eigenvalue weighted by Gasteiger charge is -2.15. The fourth-order valence-corrected chi connectivity index (χ4v) is 2.80. The number of furan rings is 1. The Labute approximate surface area is 140 Å². The third-order valence-electron chi connectivity index (χ3n) is 4.11. The molecule has 1 atom stereocenters. The number of carbonyl (C=O) groups excluding carboxylic acids is 2. The molecular formula is C18H21N3O3. The van der Waals surface area contributed by atoms with Crippen molar-refractivity contribution in [3.63, 3.8) is 0 Å². The van der Waals surface area contributed by atoms with Gasteiger partial charge in [-0.3, -0.25) is 4.79 Å². The fourth-order valence-electron chi connectivity index (χ4n) is 2.80. The molecule has 24 heavy (non-hydrogen) atoms. The predicted octanol–water partition coefficient (Wildman–Crippen LogP) is 2.37. The number of rotatable bonds is 4. The zero-order chi connectivity index (χ0) is 16.9. The van der Waals surface area contributed by atoms with Crippen molar-refractivity contribution in [2.45, 2.75) is 25.9 Å². The van der Waals surface area contributed by atoms with Crippen molar-refractivity contribution >= 4 is 11.9 Å². The van der Waals surface area contributed by atoms with Gasteiger partial charge >= 0.3 is 6.03 Å². The Kier molecular flexibility index (Phi) is 4.84. The van der Waals surface area contributed by atoms with Crippen molar-refractivity contribution in [3.05, 3.63) is 48.2 Å². The minimum absolute atomic E-state index is 0.00498. The van der Waals surface area contributed by atoms with E-state index in [1.807, 2.05) is 42.5 Å². The number of nitrogens with zero attached hydrogens (tertiary/aromatic N) is 1. The summed E-state index contributed by atoms with van der Waals surface area (Å²) in [5, 5.41) is 5.67. The van der Waals surface area contributed by atoms with E-state index < -0.39 is 0 Å². The molecule has 126 valence electrons. The van der Waals surface area contributed by atoms with Gasteiger partial charge in [-0.2, -0.15) is 0 Å². The Hall–Kier alpha value is -2.76. The van der Waals surface area contributed by atoms with Crippen molar-refractivity contribution in [2.24, 2.45) is 0 Å². The quantitative estimate of drug-likeness (QED) is 0.905. The second-order valence-electron chi connectivity index (χ2n) is 5.91. The third-order valence-corrected chi connectivity index (χ3v) is 4.11. The number of hydrogen-bond acceptors (Lipinski definition) is 3. The SMILES string of the molecule is CC(=O)N1CC[C@H](NC(=O)NCc2ccc(-c3ccccc3)o2)C1. The molecule has 2 heterocycles. The van der Waals surface area contributed by atoms with Gasteiger partial charge in [-0.1, -0.05) is 30.3 Å². The highest BCUT2D eigenvalue weighted by Gasteiger charge is 2.25. The summed E-state index contributed by atoms with van der Waals surface area (Å²) >= 11 is 0. The van der Waals surface area contributed by atoms with E-state index in [-0.39, 0.29) is 18.0 Å². The van der Waals surface area contributed by atoms with Crippen LogP contribution in [0.2, 0.25) is 0 Å². The lowest BCUT2D eigenvalue weighted by Crippen LogP contribution is -2.43. The van der Waals surface area contributed by atoms with E-state index in [1.165, 1.54) is 0 Å². The van der Waals surface area contributed by atoms with Gasteiger partial charge in [0.25, 0.3) is 0 Å². The average Bonchev–Trinajstić information content (AvgIpc) is 3.23. The van der Waals surface area contributed by atoms with Gasteiger partial charge in [-0.05, 0) is 18.6 Å². The molecule has 1 saturated heterocycles. The van der Waals surface area contributed by atoms with Crippen LogP contribution in [-0.4, -0.2) is 36.0 Å². The third kappa shape index (κ3) is 3.95. The van der Waals surface area contributed by atoms with E-state index in [0.717, 1.165) is 17.7 Å². The number of amides is 3. The number of carbonyl (C=O) groups is 2. The van der Waals surface area contributed by atoms with E-state index in [1.54, 1.807) is 11.8 Å². The van der Waals surface area contributed by atoms with Crippen LogP contribution < -0.4 is 10.6 Å². The van der Waals surface area contributed by atoms with Crippen molar-refractivity contribution in [3.8, 4) is 11.3 Å². The minimum atomic E-state index is -0.247. The van der Waals surface area contributed by atoms with E-state index in [0.29, 0.717) is 25.4 Å². The molecule has 1 aromatic heterocycles. The van der Waals surface area contributed by atoms with Crippen molar-refractivity contribution < 1.29 is 14.0 Å². The topological polar surface area (TPSA) is 74.6 Å². The number of nitrogens with one attached hydrogen (secondary N) is 2. The first kappa shape index (κ1) is 16.1. The van der Waals surface area contributed by atoms with Crippen LogP contribution in [-0.2, 0) is 11.3 Å². The molecule has 0 aliphatic carbocycles. The molecule has 1 aliphatic rings. The van der Waals surface area contributed by atoms with Crippen molar-refractivity contribution in [1.29, 1.82) is 0 Å². The first-order valence-electron chi connectivity index (χ1n) is 8.06. The van der Waals surface area contributed by atoms with Gasteiger partial charge < -0.3 is 20.0 Å². The molecule has 3 amide bonds. The normalized spacial score (nSPS) is 16.9. The predicted molar refractivity (Wildman–Crippen MR) is 90.2 cm³/mol. The van der Waals surface area contributed by atoms with Crippen LogP contribution in [0.4, 0.5) is 4.79 Å². The van der Waals surface area contributed by atoms with Gasteiger partial charge in [0.15, 0.2) is 0 Å². The Balaban J connectivity index is 1.47. The maximum absolute atomic E-state index is 12.0. The van der Waals surface area contributed by atoms with Crippen LogP contribution in [0.1, 0.15) is 19.1 Å². The molecule has 6 nitrogen and oxygen atoms in total. The van der Waals surface area contributed by atoms with Gasteiger partial charge in [-0.25, -0.2) is 4.79 Å². The minimum Gasteiger partial charge on any atom is -0.459 e. The second-order valence-corrected chi connectivity index (χ2v) is 5.91. The van der Waals surface area contributed by atoms with Gasteiger partial charge in [0.05, 0.1) is 6.54 Å². The maximum atomic E-state index is 12.0. The van der Waals surface area contributed by atoms with Crippen LogP contribution in [0.5, 0.6) is 0 Å². The molecule has 0 saturated carbocycles. The van der Waals surface area contributed by atoms with Crippen LogP contribution in [0.15, 0.2) is 46.9 Å². The molecule has 1 aromatic carbocycles.